The third-order valence-electron chi connectivity index (χ3n) is 3.23. The van der Waals surface area contributed by atoms with Crippen LogP contribution in [-0.4, -0.2) is 17.7 Å². The summed E-state index contributed by atoms with van der Waals surface area (Å²) in [6.45, 7) is 2.41. The lowest BCUT2D eigenvalue weighted by Gasteiger charge is -2.04. The average Bonchev–Trinajstić information content (AvgIpc) is 2.58. The molecule has 0 aliphatic carbocycles. The van der Waals surface area contributed by atoms with E-state index in [0.717, 1.165) is 22.3 Å². The number of amides is 1. The fraction of sp³-hybridized carbons (Fsp3) is 0.211. The van der Waals surface area contributed by atoms with Crippen molar-refractivity contribution < 1.29 is 14.6 Å². The molecule has 0 bridgehead atoms. The van der Waals surface area contributed by atoms with Crippen molar-refractivity contribution in [3.8, 4) is 11.8 Å². The minimum Gasteiger partial charge on any atom is -0.445 e. The minimum absolute atomic E-state index is 0.0172. The van der Waals surface area contributed by atoms with E-state index in [0.29, 0.717) is 0 Å². The van der Waals surface area contributed by atoms with Crippen LogP contribution in [0.25, 0.3) is 0 Å². The molecule has 0 spiro atoms. The molecular weight excluding hydrogens is 290 g/mol. The van der Waals surface area contributed by atoms with Crippen molar-refractivity contribution >= 4 is 6.09 Å². The number of aryl methyl sites for hydroxylation is 1. The van der Waals surface area contributed by atoms with Crippen LogP contribution >= 0.6 is 0 Å². The van der Waals surface area contributed by atoms with E-state index in [-0.39, 0.29) is 19.8 Å². The number of alkyl carbamates (subject to hydrolysis) is 1. The Bertz CT molecular complexity index is 714. The third-order valence-corrected chi connectivity index (χ3v) is 3.23. The van der Waals surface area contributed by atoms with E-state index in [9.17, 15) is 4.79 Å². The number of benzene rings is 2. The minimum atomic E-state index is -0.490. The molecule has 0 unspecified atom stereocenters. The Hall–Kier alpha value is -2.77. The molecule has 0 atom stereocenters. The first kappa shape index (κ1) is 16.6. The second-order valence-electron chi connectivity index (χ2n) is 5.02. The summed E-state index contributed by atoms with van der Waals surface area (Å²) in [6.07, 6.45) is -0.490. The van der Waals surface area contributed by atoms with Gasteiger partial charge in [0, 0.05) is 5.56 Å². The highest BCUT2D eigenvalue weighted by molar-refractivity contribution is 5.67. The van der Waals surface area contributed by atoms with Crippen LogP contribution in [0.1, 0.15) is 22.3 Å². The zero-order valence-corrected chi connectivity index (χ0v) is 13.0. The topological polar surface area (TPSA) is 58.6 Å². The Labute approximate surface area is 136 Å². The highest BCUT2D eigenvalue weighted by atomic mass is 16.5. The van der Waals surface area contributed by atoms with Gasteiger partial charge in [0.25, 0.3) is 0 Å². The first-order valence-corrected chi connectivity index (χ1v) is 7.33. The SMILES string of the molecule is Cc1cc(CO)ccc1C#CCNC(=O)OCc1ccccc1. The lowest BCUT2D eigenvalue weighted by atomic mass is 10.1. The van der Waals surface area contributed by atoms with Gasteiger partial charge in [-0.05, 0) is 29.7 Å². The van der Waals surface area contributed by atoms with Crippen LogP contribution in [0.15, 0.2) is 48.5 Å². The summed E-state index contributed by atoms with van der Waals surface area (Å²) in [5, 5.41) is 11.7. The molecule has 2 N–H and O–H groups in total. The van der Waals surface area contributed by atoms with Gasteiger partial charge in [0.2, 0.25) is 0 Å². The van der Waals surface area contributed by atoms with Gasteiger partial charge >= 0.3 is 6.09 Å². The van der Waals surface area contributed by atoms with Crippen molar-refractivity contribution in [1.82, 2.24) is 5.32 Å². The fourth-order valence-electron chi connectivity index (χ4n) is 1.99. The maximum Gasteiger partial charge on any atom is 0.408 e. The zero-order chi connectivity index (χ0) is 16.5. The lowest BCUT2D eigenvalue weighted by Crippen LogP contribution is -2.24. The summed E-state index contributed by atoms with van der Waals surface area (Å²) in [7, 11) is 0. The Morgan fingerprint density at radius 1 is 1.17 bits per heavy atom. The summed E-state index contributed by atoms with van der Waals surface area (Å²) in [4.78, 5) is 11.5. The summed E-state index contributed by atoms with van der Waals surface area (Å²) in [5.41, 5.74) is 3.67. The second kappa shape index (κ2) is 8.62. The van der Waals surface area contributed by atoms with E-state index in [1.807, 2.05) is 55.5 Å². The predicted octanol–water partition coefficient (Wildman–Crippen LogP) is 2.77. The number of hydrogen-bond acceptors (Lipinski definition) is 3. The molecule has 4 nitrogen and oxygen atoms in total. The number of hydrogen-bond donors (Lipinski definition) is 2. The molecule has 0 aliphatic heterocycles. The molecule has 118 valence electrons. The van der Waals surface area contributed by atoms with Crippen molar-refractivity contribution in [2.45, 2.75) is 20.1 Å². The highest BCUT2D eigenvalue weighted by Crippen LogP contribution is 2.09. The zero-order valence-electron chi connectivity index (χ0n) is 13.0. The predicted molar refractivity (Wildman–Crippen MR) is 88.6 cm³/mol. The Morgan fingerprint density at radius 3 is 2.65 bits per heavy atom. The van der Waals surface area contributed by atoms with Crippen LogP contribution in [0.2, 0.25) is 0 Å². The van der Waals surface area contributed by atoms with Gasteiger partial charge in [0.1, 0.15) is 6.61 Å². The summed E-state index contributed by atoms with van der Waals surface area (Å²) < 4.78 is 5.09. The first-order valence-electron chi connectivity index (χ1n) is 7.33. The molecule has 2 aromatic rings. The lowest BCUT2D eigenvalue weighted by molar-refractivity contribution is 0.141. The molecule has 0 fully saturated rings. The maximum absolute atomic E-state index is 11.5. The second-order valence-corrected chi connectivity index (χ2v) is 5.02. The van der Waals surface area contributed by atoms with Crippen molar-refractivity contribution in [3.05, 3.63) is 70.8 Å². The molecule has 0 aromatic heterocycles. The van der Waals surface area contributed by atoms with E-state index in [1.165, 1.54) is 0 Å². The van der Waals surface area contributed by atoms with E-state index in [2.05, 4.69) is 17.2 Å². The number of ether oxygens (including phenoxy) is 1. The average molecular weight is 309 g/mol. The van der Waals surface area contributed by atoms with Gasteiger partial charge in [-0.3, -0.25) is 0 Å². The maximum atomic E-state index is 11.5. The Morgan fingerprint density at radius 2 is 1.96 bits per heavy atom. The number of carbonyl (C=O) groups is 1. The molecule has 0 saturated carbocycles. The van der Waals surface area contributed by atoms with E-state index in [4.69, 9.17) is 9.84 Å². The van der Waals surface area contributed by atoms with Crippen LogP contribution in [0, 0.1) is 18.8 Å². The molecule has 0 saturated heterocycles. The van der Waals surface area contributed by atoms with Crippen LogP contribution < -0.4 is 5.32 Å². The Kier molecular flexibility index (Phi) is 6.22. The van der Waals surface area contributed by atoms with Crippen molar-refractivity contribution in [2.75, 3.05) is 6.54 Å². The van der Waals surface area contributed by atoms with Gasteiger partial charge < -0.3 is 15.2 Å². The van der Waals surface area contributed by atoms with Crippen molar-refractivity contribution in [1.29, 1.82) is 0 Å². The van der Waals surface area contributed by atoms with E-state index in [1.54, 1.807) is 0 Å². The molecular formula is C19H19NO3. The van der Waals surface area contributed by atoms with Gasteiger partial charge in [-0.25, -0.2) is 4.79 Å². The molecule has 0 radical (unpaired) electrons. The van der Waals surface area contributed by atoms with Crippen LogP contribution in [0.4, 0.5) is 4.79 Å². The number of aliphatic hydroxyl groups is 1. The van der Waals surface area contributed by atoms with Crippen molar-refractivity contribution in [3.63, 3.8) is 0 Å². The fourth-order valence-corrected chi connectivity index (χ4v) is 1.99. The number of aliphatic hydroxyl groups excluding tert-OH is 1. The summed E-state index contributed by atoms with van der Waals surface area (Å²) in [6, 6.07) is 15.1. The van der Waals surface area contributed by atoms with Gasteiger partial charge in [0.15, 0.2) is 0 Å². The summed E-state index contributed by atoms with van der Waals surface area (Å²) >= 11 is 0. The quantitative estimate of drug-likeness (QED) is 0.854. The molecule has 1 amide bonds. The summed E-state index contributed by atoms with van der Waals surface area (Å²) in [5.74, 6) is 5.88. The normalized spacial score (nSPS) is 9.65. The molecule has 2 rings (SSSR count). The molecule has 23 heavy (non-hydrogen) atoms. The highest BCUT2D eigenvalue weighted by Gasteiger charge is 2.00. The van der Waals surface area contributed by atoms with Gasteiger partial charge in [0.05, 0.1) is 13.2 Å². The molecule has 0 heterocycles. The molecule has 4 heteroatoms. The monoisotopic (exact) mass is 309 g/mol. The number of carbonyl (C=O) groups excluding carboxylic acids is 1. The molecule has 0 aliphatic rings. The van der Waals surface area contributed by atoms with Gasteiger partial charge in [-0.2, -0.15) is 0 Å². The number of nitrogens with one attached hydrogen (secondary N) is 1. The first-order chi connectivity index (χ1) is 11.2. The standard InChI is InChI=1S/C19H19NO3/c1-15-12-17(13-21)9-10-18(15)8-5-11-20-19(22)23-14-16-6-3-2-4-7-16/h2-4,6-7,9-10,12,21H,11,13-14H2,1H3,(H,20,22). The van der Waals surface area contributed by atoms with Gasteiger partial charge in [-0.15, -0.1) is 0 Å². The van der Waals surface area contributed by atoms with E-state index >= 15 is 0 Å². The molecule has 2 aromatic carbocycles. The number of rotatable bonds is 4. The Balaban J connectivity index is 1.78. The third kappa shape index (κ3) is 5.50. The smallest absolute Gasteiger partial charge is 0.408 e. The van der Waals surface area contributed by atoms with E-state index < -0.39 is 6.09 Å². The van der Waals surface area contributed by atoms with Crippen LogP contribution in [0.3, 0.4) is 0 Å². The van der Waals surface area contributed by atoms with Crippen LogP contribution in [0.5, 0.6) is 0 Å². The van der Waals surface area contributed by atoms with Crippen LogP contribution in [-0.2, 0) is 18.0 Å². The van der Waals surface area contributed by atoms with Gasteiger partial charge in [-0.1, -0.05) is 54.3 Å². The van der Waals surface area contributed by atoms with Crippen molar-refractivity contribution in [2.24, 2.45) is 0 Å². The largest absolute Gasteiger partial charge is 0.445 e.